The normalized spacial score (nSPS) is 16.1. The minimum Gasteiger partial charge on any atom is -0.294 e. The molecule has 0 fully saturated rings. The number of Topliss-reactive ketones (excluding diaryl/α,β-unsaturated/α-hetero) is 1. The van der Waals surface area contributed by atoms with Crippen LogP contribution in [0.15, 0.2) is 23.1 Å². The summed E-state index contributed by atoms with van der Waals surface area (Å²) in [5, 5.41) is 3.86. The van der Waals surface area contributed by atoms with Gasteiger partial charge in [0.25, 0.3) is 0 Å². The van der Waals surface area contributed by atoms with Crippen molar-refractivity contribution in [3.05, 3.63) is 34.5 Å². The van der Waals surface area contributed by atoms with Crippen LogP contribution in [0.1, 0.15) is 24.7 Å². The van der Waals surface area contributed by atoms with Gasteiger partial charge in [-0.25, -0.2) is 0 Å². The number of alkyl halides is 3. The summed E-state index contributed by atoms with van der Waals surface area (Å²) in [5.41, 5.74) is -0.561. The maximum absolute atomic E-state index is 12.7. The lowest BCUT2D eigenvalue weighted by Crippen LogP contribution is -2.11. The van der Waals surface area contributed by atoms with E-state index in [9.17, 15) is 18.0 Å². The zero-order valence-corrected chi connectivity index (χ0v) is 11.1. The van der Waals surface area contributed by atoms with Gasteiger partial charge in [-0.05, 0) is 19.4 Å². The molecule has 0 atom stereocenters. The molecule has 3 nitrogen and oxygen atoms in total. The fourth-order valence-corrected chi connectivity index (χ4v) is 2.64. The van der Waals surface area contributed by atoms with Crippen molar-refractivity contribution in [3.63, 3.8) is 0 Å². The minimum absolute atomic E-state index is 0.0948. The van der Waals surface area contributed by atoms with Crippen LogP contribution >= 0.6 is 11.8 Å². The van der Waals surface area contributed by atoms with Crippen LogP contribution < -0.4 is 0 Å². The molecule has 19 heavy (non-hydrogen) atoms. The van der Waals surface area contributed by atoms with Crippen LogP contribution in [0, 0.1) is 0 Å². The molecule has 2 rings (SSSR count). The molecule has 102 valence electrons. The molecular formula is C12H11F3N2OS. The van der Waals surface area contributed by atoms with Gasteiger partial charge in [0.15, 0.2) is 5.78 Å². The highest BCUT2D eigenvalue weighted by atomic mass is 32.2. The topological polar surface area (TPSA) is 34.9 Å². The number of ketones is 1. The van der Waals surface area contributed by atoms with E-state index in [2.05, 4.69) is 5.10 Å². The van der Waals surface area contributed by atoms with Crippen LogP contribution in [-0.2, 0) is 18.0 Å². The summed E-state index contributed by atoms with van der Waals surface area (Å²) in [6, 6.07) is 1.00. The van der Waals surface area contributed by atoms with Gasteiger partial charge in [-0.3, -0.25) is 9.48 Å². The number of rotatable bonds is 2. The van der Waals surface area contributed by atoms with E-state index in [1.165, 1.54) is 14.0 Å². The first-order valence-corrected chi connectivity index (χ1v) is 6.31. The Morgan fingerprint density at radius 1 is 1.42 bits per heavy atom. The molecule has 7 heteroatoms. The van der Waals surface area contributed by atoms with Crippen molar-refractivity contribution in [2.24, 2.45) is 7.05 Å². The summed E-state index contributed by atoms with van der Waals surface area (Å²) in [4.78, 5) is 12.4. The Bertz CT molecular complexity index is 584. The number of thioether (sulfide) groups is 1. The number of aryl methyl sites for hydroxylation is 1. The molecular weight excluding hydrogens is 277 g/mol. The van der Waals surface area contributed by atoms with Crippen molar-refractivity contribution in [3.8, 4) is 0 Å². The van der Waals surface area contributed by atoms with Gasteiger partial charge in [0.05, 0.1) is 10.6 Å². The fraction of sp³-hybridized carbons (Fsp3) is 0.333. The van der Waals surface area contributed by atoms with Gasteiger partial charge in [-0.2, -0.15) is 18.3 Å². The summed E-state index contributed by atoms with van der Waals surface area (Å²) >= 11 is 1.15. The Hall–Kier alpha value is -1.50. The van der Waals surface area contributed by atoms with Crippen molar-refractivity contribution in [2.75, 3.05) is 0 Å². The summed E-state index contributed by atoms with van der Waals surface area (Å²) in [5.74, 6) is -0.0948. The van der Waals surface area contributed by atoms with Gasteiger partial charge in [-0.1, -0.05) is 23.9 Å². The average Bonchev–Trinajstić information content (AvgIpc) is 2.71. The first-order valence-electron chi connectivity index (χ1n) is 5.49. The molecule has 0 unspecified atom stereocenters. The Labute approximate surface area is 112 Å². The number of allylic oxidation sites excluding steroid dienone is 3. The van der Waals surface area contributed by atoms with Crippen LogP contribution in [0.4, 0.5) is 13.2 Å². The molecule has 2 heterocycles. The monoisotopic (exact) mass is 288 g/mol. The van der Waals surface area contributed by atoms with Crippen LogP contribution in [-0.4, -0.2) is 15.6 Å². The molecule has 0 saturated carbocycles. The number of carbonyl (C=O) groups is 1. The Morgan fingerprint density at radius 3 is 2.63 bits per heavy atom. The fourth-order valence-electron chi connectivity index (χ4n) is 1.70. The van der Waals surface area contributed by atoms with Crippen LogP contribution in [0.25, 0.3) is 4.91 Å². The molecule has 0 N–H and O–H groups in total. The first kappa shape index (κ1) is 13.9. The molecule has 0 amide bonds. The van der Waals surface area contributed by atoms with Gasteiger partial charge in [-0.15, -0.1) is 0 Å². The van der Waals surface area contributed by atoms with Crippen molar-refractivity contribution < 1.29 is 18.0 Å². The highest BCUT2D eigenvalue weighted by Crippen LogP contribution is 2.39. The molecule has 1 aliphatic rings. The number of aromatic nitrogens is 2. The van der Waals surface area contributed by atoms with E-state index < -0.39 is 11.9 Å². The average molecular weight is 288 g/mol. The van der Waals surface area contributed by atoms with Gasteiger partial charge in [0.2, 0.25) is 0 Å². The zero-order valence-electron chi connectivity index (χ0n) is 10.3. The van der Waals surface area contributed by atoms with Gasteiger partial charge < -0.3 is 0 Å². The van der Waals surface area contributed by atoms with Crippen molar-refractivity contribution in [1.82, 2.24) is 9.78 Å². The van der Waals surface area contributed by atoms with Crippen LogP contribution in [0.3, 0.4) is 0 Å². The molecule has 1 aromatic rings. The predicted octanol–water partition coefficient (Wildman–Crippen LogP) is 3.39. The number of hydrogen-bond donors (Lipinski definition) is 0. The zero-order chi connectivity index (χ0) is 14.2. The third-order valence-corrected chi connectivity index (χ3v) is 3.87. The number of hydrogen-bond acceptors (Lipinski definition) is 3. The van der Waals surface area contributed by atoms with Gasteiger partial charge in [0, 0.05) is 12.0 Å². The van der Waals surface area contributed by atoms with E-state index in [0.29, 0.717) is 16.2 Å². The maximum atomic E-state index is 12.7. The molecule has 0 bridgehead atoms. The molecule has 0 spiro atoms. The van der Waals surface area contributed by atoms with E-state index in [-0.39, 0.29) is 11.5 Å². The first-order chi connectivity index (χ1) is 8.79. The van der Waals surface area contributed by atoms with Gasteiger partial charge in [0.1, 0.15) is 5.69 Å². The second-order valence-electron chi connectivity index (χ2n) is 4.07. The highest BCUT2D eigenvalue weighted by molar-refractivity contribution is 8.12. The number of halogens is 3. The standard InChI is InChI=1S/C12H11F3N2OS/c1-7(18)9-4-3-5-10(19-9)8-6-11(12(13,14)15)17(2)16-8/h4-6H,3H2,1-2H3. The second kappa shape index (κ2) is 4.88. The third-order valence-electron chi connectivity index (χ3n) is 2.60. The smallest absolute Gasteiger partial charge is 0.294 e. The summed E-state index contributed by atoms with van der Waals surface area (Å²) in [6.07, 6.45) is -0.391. The Balaban J connectivity index is 2.30. The molecule has 0 radical (unpaired) electrons. The molecule has 1 aromatic heterocycles. The Morgan fingerprint density at radius 2 is 2.11 bits per heavy atom. The molecule has 1 aliphatic heterocycles. The molecule has 0 aromatic carbocycles. The summed E-state index contributed by atoms with van der Waals surface area (Å²) in [7, 11) is 1.25. The largest absolute Gasteiger partial charge is 0.433 e. The summed E-state index contributed by atoms with van der Waals surface area (Å²) < 4.78 is 38.9. The lowest BCUT2D eigenvalue weighted by Gasteiger charge is -2.10. The SMILES string of the molecule is CC(=O)C1=CCC=C(c2cc(C(F)(F)F)n(C)n2)S1. The van der Waals surface area contributed by atoms with E-state index in [1.54, 1.807) is 12.2 Å². The quantitative estimate of drug-likeness (QED) is 0.836. The number of nitrogens with zero attached hydrogens (tertiary/aromatic N) is 2. The predicted molar refractivity (Wildman–Crippen MR) is 67.2 cm³/mol. The second-order valence-corrected chi connectivity index (χ2v) is 5.15. The summed E-state index contributed by atoms with van der Waals surface area (Å²) in [6.45, 7) is 1.43. The Kier molecular flexibility index (Phi) is 3.58. The van der Waals surface area contributed by atoms with E-state index in [0.717, 1.165) is 22.5 Å². The van der Waals surface area contributed by atoms with Gasteiger partial charge >= 0.3 is 6.18 Å². The minimum atomic E-state index is -4.43. The lowest BCUT2D eigenvalue weighted by atomic mass is 10.2. The van der Waals surface area contributed by atoms with Crippen molar-refractivity contribution >= 4 is 22.5 Å². The van der Waals surface area contributed by atoms with Crippen LogP contribution in [0.5, 0.6) is 0 Å². The third kappa shape index (κ3) is 2.91. The van der Waals surface area contributed by atoms with Crippen molar-refractivity contribution in [1.29, 1.82) is 0 Å². The number of carbonyl (C=O) groups excluding carboxylic acids is 1. The van der Waals surface area contributed by atoms with E-state index in [1.807, 2.05) is 0 Å². The molecule has 0 aliphatic carbocycles. The highest BCUT2D eigenvalue weighted by Gasteiger charge is 2.35. The maximum Gasteiger partial charge on any atom is 0.433 e. The van der Waals surface area contributed by atoms with Crippen LogP contribution in [0.2, 0.25) is 0 Å². The van der Waals surface area contributed by atoms with E-state index >= 15 is 0 Å². The van der Waals surface area contributed by atoms with E-state index in [4.69, 9.17) is 0 Å². The molecule has 0 saturated heterocycles. The lowest BCUT2D eigenvalue weighted by molar-refractivity contribution is -0.143. The van der Waals surface area contributed by atoms with Crippen molar-refractivity contribution in [2.45, 2.75) is 19.5 Å².